The third-order valence-electron chi connectivity index (χ3n) is 2.67. The molecule has 0 radical (unpaired) electrons. The average molecular weight is 312 g/mol. The molecule has 0 aliphatic carbocycles. The van der Waals surface area contributed by atoms with Crippen molar-refractivity contribution in [1.29, 1.82) is 0 Å². The van der Waals surface area contributed by atoms with Gasteiger partial charge in [-0.2, -0.15) is 0 Å². The van der Waals surface area contributed by atoms with Gasteiger partial charge in [0.15, 0.2) is 0 Å². The lowest BCUT2D eigenvalue weighted by atomic mass is 9.84. The Morgan fingerprint density at radius 3 is 1.91 bits per heavy atom. The molecular weight excluding hydrogens is 276 g/mol. The van der Waals surface area contributed by atoms with Crippen LogP contribution in [0.15, 0.2) is 35.5 Å². The largest absolute Gasteiger partial charge is 0.389 e. The van der Waals surface area contributed by atoms with Crippen LogP contribution in [0.5, 0.6) is 0 Å². The maximum Gasteiger partial charge on any atom is 0.142 e. The summed E-state index contributed by atoms with van der Waals surface area (Å²) in [6.45, 7) is 14.3. The van der Waals surface area contributed by atoms with E-state index in [0.29, 0.717) is 6.29 Å². The molecule has 3 heteroatoms. The molecule has 0 bridgehead atoms. The van der Waals surface area contributed by atoms with Crippen molar-refractivity contribution in [3.8, 4) is 0 Å². The van der Waals surface area contributed by atoms with Gasteiger partial charge in [-0.15, -0.1) is 0 Å². The molecule has 0 fully saturated rings. The van der Waals surface area contributed by atoms with Crippen molar-refractivity contribution in [2.24, 2.45) is 5.41 Å². The summed E-state index contributed by atoms with van der Waals surface area (Å²) < 4.78 is 4.25. The smallest absolute Gasteiger partial charge is 0.142 e. The van der Waals surface area contributed by atoms with E-state index in [1.54, 1.807) is 27.2 Å². The summed E-state index contributed by atoms with van der Waals surface area (Å²) >= 11 is 0. The van der Waals surface area contributed by atoms with Crippen molar-refractivity contribution >= 4 is 6.29 Å². The molecule has 0 aromatic carbocycles. The minimum absolute atomic E-state index is 0.128. The molecule has 0 amide bonds. The van der Waals surface area contributed by atoms with Crippen LogP contribution >= 0.6 is 0 Å². The molecular formula is C19H36O3. The van der Waals surface area contributed by atoms with E-state index in [-0.39, 0.29) is 5.41 Å². The number of carbonyl (C=O) groups excluding carboxylic acids is 1. The minimum atomic E-state index is -0.569. The molecule has 0 aromatic heterocycles. The number of aldehydes is 1. The number of rotatable bonds is 5. The summed E-state index contributed by atoms with van der Waals surface area (Å²) in [5, 5.41) is 9.56. The highest BCUT2D eigenvalue weighted by molar-refractivity contribution is 5.66. The Balaban J connectivity index is -0.000000637. The lowest BCUT2D eigenvalue weighted by Crippen LogP contribution is -2.08. The first kappa shape index (κ1) is 25.7. The number of aliphatic hydroxyl groups is 1. The lowest BCUT2D eigenvalue weighted by Gasteiger charge is -2.21. The van der Waals surface area contributed by atoms with Gasteiger partial charge >= 0.3 is 0 Å². The van der Waals surface area contributed by atoms with Crippen LogP contribution in [0.2, 0.25) is 0 Å². The average Bonchev–Trinajstić information content (AvgIpc) is 2.44. The third-order valence-corrected chi connectivity index (χ3v) is 2.67. The fraction of sp³-hybridized carbons (Fsp3) is 0.632. The Morgan fingerprint density at radius 1 is 1.18 bits per heavy atom. The molecule has 0 aliphatic heterocycles. The summed E-state index contributed by atoms with van der Waals surface area (Å²) in [4.78, 5) is 10.3. The summed E-state index contributed by atoms with van der Waals surface area (Å²) in [6.07, 6.45) is 8.08. The highest BCUT2D eigenvalue weighted by atomic mass is 16.4. The van der Waals surface area contributed by atoms with Gasteiger partial charge in [0.1, 0.15) is 6.29 Å². The predicted octanol–water partition coefficient (Wildman–Crippen LogP) is 4.72. The SMILES string of the molecule is CC.CC\C(=C/C=C(/C=C/C=O)C(C)O)C(C)(C)C.COC. The number of allylic oxidation sites excluding steroid dienone is 4. The van der Waals surface area contributed by atoms with Crippen molar-refractivity contribution in [3.63, 3.8) is 0 Å². The van der Waals surface area contributed by atoms with Gasteiger partial charge in [0.05, 0.1) is 6.10 Å². The van der Waals surface area contributed by atoms with Gasteiger partial charge in [-0.3, -0.25) is 4.79 Å². The van der Waals surface area contributed by atoms with Crippen LogP contribution in [0.1, 0.15) is 54.9 Å². The quantitative estimate of drug-likeness (QED) is 0.454. The van der Waals surface area contributed by atoms with E-state index in [0.717, 1.165) is 12.0 Å². The van der Waals surface area contributed by atoms with Gasteiger partial charge in [0, 0.05) is 14.2 Å². The van der Waals surface area contributed by atoms with Crippen molar-refractivity contribution in [1.82, 2.24) is 0 Å². The van der Waals surface area contributed by atoms with Crippen LogP contribution in [-0.4, -0.2) is 31.7 Å². The van der Waals surface area contributed by atoms with Crippen molar-refractivity contribution in [3.05, 3.63) is 35.5 Å². The fourth-order valence-electron chi connectivity index (χ4n) is 1.58. The van der Waals surface area contributed by atoms with Crippen LogP contribution in [-0.2, 0) is 9.53 Å². The second-order valence-corrected chi connectivity index (χ2v) is 5.54. The van der Waals surface area contributed by atoms with Crippen molar-refractivity contribution in [2.45, 2.75) is 61.0 Å². The van der Waals surface area contributed by atoms with Gasteiger partial charge in [-0.25, -0.2) is 0 Å². The van der Waals surface area contributed by atoms with E-state index in [9.17, 15) is 9.90 Å². The Bertz CT molecular complexity index is 342. The lowest BCUT2D eigenvalue weighted by molar-refractivity contribution is -0.104. The normalized spacial score (nSPS) is 13.7. The second-order valence-electron chi connectivity index (χ2n) is 5.54. The number of carbonyl (C=O) groups is 1. The molecule has 0 spiro atoms. The van der Waals surface area contributed by atoms with E-state index >= 15 is 0 Å². The van der Waals surface area contributed by atoms with E-state index in [1.165, 1.54) is 11.6 Å². The van der Waals surface area contributed by atoms with Crippen molar-refractivity contribution in [2.75, 3.05) is 14.2 Å². The highest BCUT2D eigenvalue weighted by Crippen LogP contribution is 2.27. The third kappa shape index (κ3) is 15.2. The molecule has 1 atom stereocenters. The molecule has 22 heavy (non-hydrogen) atoms. The monoisotopic (exact) mass is 312 g/mol. The number of methoxy groups -OCH3 is 1. The summed E-state index contributed by atoms with van der Waals surface area (Å²) in [5.74, 6) is 0. The van der Waals surface area contributed by atoms with Crippen LogP contribution in [0.25, 0.3) is 0 Å². The molecule has 1 unspecified atom stereocenters. The zero-order chi connectivity index (χ0) is 18.2. The summed E-state index contributed by atoms with van der Waals surface area (Å²) in [7, 11) is 3.25. The van der Waals surface area contributed by atoms with Gasteiger partial charge in [0.25, 0.3) is 0 Å². The molecule has 0 aromatic rings. The Kier molecular flexibility index (Phi) is 18.9. The van der Waals surface area contributed by atoms with Gasteiger partial charge in [-0.05, 0) is 30.4 Å². The molecule has 3 nitrogen and oxygen atoms in total. The van der Waals surface area contributed by atoms with E-state index in [2.05, 4.69) is 32.4 Å². The van der Waals surface area contributed by atoms with Gasteiger partial charge in [-0.1, -0.05) is 65.3 Å². The van der Waals surface area contributed by atoms with E-state index in [1.807, 2.05) is 26.0 Å². The molecule has 0 aliphatic rings. The number of hydrogen-bond donors (Lipinski definition) is 1. The van der Waals surface area contributed by atoms with Crippen LogP contribution in [0.3, 0.4) is 0 Å². The predicted molar refractivity (Wildman–Crippen MR) is 97.1 cm³/mol. The van der Waals surface area contributed by atoms with E-state index < -0.39 is 6.10 Å². The maximum absolute atomic E-state index is 10.3. The van der Waals surface area contributed by atoms with Gasteiger partial charge in [0.2, 0.25) is 0 Å². The molecule has 130 valence electrons. The fourth-order valence-corrected chi connectivity index (χ4v) is 1.58. The number of aliphatic hydroxyl groups excluding tert-OH is 1. The first-order valence-electron chi connectivity index (χ1n) is 7.85. The first-order valence-corrected chi connectivity index (χ1v) is 7.85. The Morgan fingerprint density at radius 2 is 1.64 bits per heavy atom. The summed E-state index contributed by atoms with van der Waals surface area (Å²) in [6, 6.07) is 0. The van der Waals surface area contributed by atoms with Crippen LogP contribution in [0.4, 0.5) is 0 Å². The first-order chi connectivity index (χ1) is 10.2. The highest BCUT2D eigenvalue weighted by Gasteiger charge is 2.14. The second kappa shape index (κ2) is 16.2. The molecule has 0 rings (SSSR count). The number of hydrogen-bond acceptors (Lipinski definition) is 3. The summed E-state index contributed by atoms with van der Waals surface area (Å²) in [5.41, 5.74) is 2.19. The maximum atomic E-state index is 10.3. The zero-order valence-electron chi connectivity index (χ0n) is 15.9. The molecule has 0 saturated carbocycles. The number of ether oxygens (including phenoxy) is 1. The zero-order valence-corrected chi connectivity index (χ0v) is 15.9. The van der Waals surface area contributed by atoms with Crippen LogP contribution in [0, 0.1) is 5.41 Å². The topological polar surface area (TPSA) is 46.5 Å². The molecule has 1 N–H and O–H groups in total. The minimum Gasteiger partial charge on any atom is -0.389 e. The molecule has 0 heterocycles. The van der Waals surface area contributed by atoms with Crippen molar-refractivity contribution < 1.29 is 14.6 Å². The Labute approximate surface area is 137 Å². The van der Waals surface area contributed by atoms with Gasteiger partial charge < -0.3 is 9.84 Å². The Hall–Kier alpha value is -1.19. The molecule has 0 saturated heterocycles. The standard InChI is InChI=1S/C15H24O2.C2H6O.C2H6/c1-6-14(15(3,4)5)10-9-13(12(2)17)8-7-11-16;1-3-2;1-2/h7-12,17H,6H2,1-5H3;1-2H3;1-2H3/b8-7+,13-9-,14-10+;;. The van der Waals surface area contributed by atoms with E-state index in [4.69, 9.17) is 0 Å². The van der Waals surface area contributed by atoms with Crippen LogP contribution < -0.4 is 0 Å².